The summed E-state index contributed by atoms with van der Waals surface area (Å²) >= 11 is 0. The van der Waals surface area contributed by atoms with Crippen LogP contribution in [0.5, 0.6) is 0 Å². The minimum absolute atomic E-state index is 0.805. The highest BCUT2D eigenvalue weighted by atomic mass is 14.8. The Morgan fingerprint density at radius 3 is 1.86 bits per heavy atom. The molecule has 4 fully saturated rings. The largest absolute Gasteiger partial charge is 0.0617 e. The van der Waals surface area contributed by atoms with E-state index in [9.17, 15) is 0 Å². The summed E-state index contributed by atoms with van der Waals surface area (Å²) < 4.78 is 0. The smallest absolute Gasteiger partial charge is 0.0209 e. The first-order valence-electron chi connectivity index (χ1n) is 6.68. The van der Waals surface area contributed by atoms with Crippen molar-refractivity contribution in [2.45, 2.75) is 52.9 Å². The van der Waals surface area contributed by atoms with Crippen molar-refractivity contribution in [2.24, 2.45) is 35.0 Å². The molecule has 4 saturated carbocycles. The van der Waals surface area contributed by atoms with E-state index in [0.29, 0.717) is 0 Å². The molecule has 4 aliphatic rings. The van der Waals surface area contributed by atoms with E-state index in [1.165, 1.54) is 12.8 Å². The Balaban J connectivity index is 1.70. The third-order valence-corrected chi connectivity index (χ3v) is 6.39. The lowest BCUT2D eigenvalue weighted by molar-refractivity contribution is -0.311. The van der Waals surface area contributed by atoms with E-state index in [0.717, 1.165) is 35.0 Å². The van der Waals surface area contributed by atoms with Gasteiger partial charge < -0.3 is 0 Å². The van der Waals surface area contributed by atoms with Crippen molar-refractivity contribution in [2.75, 3.05) is 0 Å². The molecular weight excluding hydrogens is 168 g/mol. The van der Waals surface area contributed by atoms with Crippen molar-refractivity contribution in [1.29, 1.82) is 0 Å². The fourth-order valence-electron chi connectivity index (χ4n) is 5.53. The lowest BCUT2D eigenvalue weighted by atomic mass is 9.26. The van der Waals surface area contributed by atoms with E-state index in [4.69, 9.17) is 0 Å². The maximum absolute atomic E-state index is 2.51. The number of rotatable bonds is 2. The van der Waals surface area contributed by atoms with Gasteiger partial charge in [0.05, 0.1) is 0 Å². The molecule has 0 aromatic carbocycles. The molecule has 2 bridgehead atoms. The SMILES string of the molecule is CC1C2C(C)C1(CC1CCCC1)[C@H]2C. The fraction of sp³-hybridized carbons (Fsp3) is 1.00. The zero-order chi connectivity index (χ0) is 9.92. The van der Waals surface area contributed by atoms with Crippen LogP contribution in [0, 0.1) is 35.0 Å². The highest BCUT2D eigenvalue weighted by molar-refractivity contribution is 5.20. The Labute approximate surface area is 88.5 Å². The van der Waals surface area contributed by atoms with Gasteiger partial charge in [0.2, 0.25) is 0 Å². The molecule has 2 unspecified atom stereocenters. The summed E-state index contributed by atoms with van der Waals surface area (Å²) in [6, 6.07) is 0. The van der Waals surface area contributed by atoms with E-state index < -0.39 is 0 Å². The summed E-state index contributed by atoms with van der Waals surface area (Å²) in [5.41, 5.74) is 0.805. The summed E-state index contributed by atoms with van der Waals surface area (Å²) in [6.07, 6.45) is 7.69. The van der Waals surface area contributed by atoms with Crippen LogP contribution >= 0.6 is 0 Å². The van der Waals surface area contributed by atoms with Gasteiger partial charge in [0, 0.05) is 0 Å². The van der Waals surface area contributed by atoms with Crippen LogP contribution in [0.25, 0.3) is 0 Å². The summed E-state index contributed by atoms with van der Waals surface area (Å²) in [5.74, 6) is 5.38. The van der Waals surface area contributed by atoms with Gasteiger partial charge >= 0.3 is 0 Å². The maximum Gasteiger partial charge on any atom is -0.0209 e. The predicted octanol–water partition coefficient (Wildman–Crippen LogP) is 4.10. The second kappa shape index (κ2) is 2.77. The van der Waals surface area contributed by atoms with Crippen LogP contribution in [-0.2, 0) is 0 Å². The van der Waals surface area contributed by atoms with Crippen LogP contribution in [0.3, 0.4) is 0 Å². The standard InChI is InChI=1S/C14H24/c1-9-13-10(2)14(9,11(13)3)8-12-6-4-5-7-12/h9-13H,4-8H2,1-3H3/t9-,10?,11?,13?,14?/m0/s1. The summed E-state index contributed by atoms with van der Waals surface area (Å²) in [5, 5.41) is 0. The van der Waals surface area contributed by atoms with Gasteiger partial charge in [-0.15, -0.1) is 0 Å². The fourth-order valence-corrected chi connectivity index (χ4v) is 5.53. The maximum atomic E-state index is 2.51. The third-order valence-electron chi connectivity index (χ3n) is 6.39. The van der Waals surface area contributed by atoms with Gasteiger partial charge in [0.25, 0.3) is 0 Å². The van der Waals surface area contributed by atoms with Crippen LogP contribution in [0.2, 0.25) is 0 Å². The topological polar surface area (TPSA) is 0 Å². The van der Waals surface area contributed by atoms with Crippen molar-refractivity contribution in [3.8, 4) is 0 Å². The van der Waals surface area contributed by atoms with Crippen LogP contribution in [-0.4, -0.2) is 0 Å². The molecule has 0 saturated heterocycles. The van der Waals surface area contributed by atoms with Crippen molar-refractivity contribution in [3.63, 3.8) is 0 Å². The predicted molar refractivity (Wildman–Crippen MR) is 60.0 cm³/mol. The first-order valence-corrected chi connectivity index (χ1v) is 6.68. The van der Waals surface area contributed by atoms with Gasteiger partial charge in [-0.2, -0.15) is 0 Å². The lowest BCUT2D eigenvalue weighted by Crippen LogP contribution is -2.74. The molecule has 0 spiro atoms. The highest BCUT2D eigenvalue weighted by Crippen LogP contribution is 2.78. The van der Waals surface area contributed by atoms with E-state index in [1.54, 1.807) is 19.3 Å². The summed E-state index contributed by atoms with van der Waals surface area (Å²) in [4.78, 5) is 0. The van der Waals surface area contributed by atoms with Crippen molar-refractivity contribution >= 4 is 0 Å². The first kappa shape index (κ1) is 9.24. The molecule has 0 aliphatic heterocycles. The molecule has 0 radical (unpaired) electrons. The summed E-state index contributed by atoms with van der Waals surface area (Å²) in [6.45, 7) is 7.54. The lowest BCUT2D eigenvalue weighted by Gasteiger charge is -2.78. The second-order valence-corrected chi connectivity index (χ2v) is 6.41. The third kappa shape index (κ3) is 0.823. The van der Waals surface area contributed by atoms with Gasteiger partial charge in [-0.3, -0.25) is 0 Å². The summed E-state index contributed by atoms with van der Waals surface area (Å²) in [7, 11) is 0. The van der Waals surface area contributed by atoms with Gasteiger partial charge in [0.15, 0.2) is 0 Å². The Morgan fingerprint density at radius 2 is 1.43 bits per heavy atom. The number of hydrogen-bond acceptors (Lipinski definition) is 0. The van der Waals surface area contributed by atoms with Crippen LogP contribution in [0.1, 0.15) is 52.9 Å². The molecule has 80 valence electrons. The molecule has 4 rings (SSSR count). The minimum Gasteiger partial charge on any atom is -0.0617 e. The Bertz CT molecular complexity index is 210. The average molecular weight is 192 g/mol. The molecule has 4 aliphatic carbocycles. The minimum atomic E-state index is 0.805. The normalized spacial score (nSPS) is 56.8. The molecular formula is C14H24. The molecule has 0 heteroatoms. The highest BCUT2D eigenvalue weighted by Gasteiger charge is 2.73. The zero-order valence-electron chi connectivity index (χ0n) is 9.92. The Hall–Kier alpha value is 0. The molecule has 0 heterocycles. The quantitative estimate of drug-likeness (QED) is 0.618. The molecule has 0 nitrogen and oxygen atoms in total. The molecule has 3 atom stereocenters. The van der Waals surface area contributed by atoms with Crippen molar-refractivity contribution < 1.29 is 0 Å². The Kier molecular flexibility index (Phi) is 1.83. The van der Waals surface area contributed by atoms with Gasteiger partial charge in [-0.25, -0.2) is 0 Å². The Morgan fingerprint density at radius 1 is 0.929 bits per heavy atom. The van der Waals surface area contributed by atoms with Crippen LogP contribution < -0.4 is 0 Å². The van der Waals surface area contributed by atoms with Crippen LogP contribution in [0.15, 0.2) is 0 Å². The molecule has 14 heavy (non-hydrogen) atoms. The number of hydrogen-bond donors (Lipinski definition) is 0. The zero-order valence-corrected chi connectivity index (χ0v) is 9.92. The molecule has 0 amide bonds. The second-order valence-electron chi connectivity index (χ2n) is 6.41. The van der Waals surface area contributed by atoms with E-state index in [2.05, 4.69) is 20.8 Å². The molecule has 0 N–H and O–H groups in total. The molecule has 0 aromatic rings. The van der Waals surface area contributed by atoms with Gasteiger partial charge in [-0.1, -0.05) is 46.5 Å². The van der Waals surface area contributed by atoms with E-state index in [-0.39, 0.29) is 0 Å². The van der Waals surface area contributed by atoms with Crippen molar-refractivity contribution in [1.82, 2.24) is 0 Å². The molecule has 0 aromatic heterocycles. The monoisotopic (exact) mass is 192 g/mol. The van der Waals surface area contributed by atoms with Crippen LogP contribution in [0.4, 0.5) is 0 Å². The van der Waals surface area contributed by atoms with E-state index in [1.807, 2.05) is 0 Å². The average Bonchev–Trinajstić information content (AvgIpc) is 2.68. The van der Waals surface area contributed by atoms with E-state index >= 15 is 0 Å². The van der Waals surface area contributed by atoms with Gasteiger partial charge in [-0.05, 0) is 41.4 Å². The van der Waals surface area contributed by atoms with Crippen molar-refractivity contribution in [3.05, 3.63) is 0 Å². The first-order chi connectivity index (χ1) is 6.68. The van der Waals surface area contributed by atoms with Gasteiger partial charge in [0.1, 0.15) is 0 Å².